The first-order chi connectivity index (χ1) is 11.9. The van der Waals surface area contributed by atoms with Gasteiger partial charge in [0.15, 0.2) is 0 Å². The van der Waals surface area contributed by atoms with Crippen molar-refractivity contribution in [2.75, 3.05) is 20.7 Å². The number of nitrogens with zero attached hydrogens (tertiary/aromatic N) is 1. The lowest BCUT2D eigenvalue weighted by Crippen LogP contribution is -2.57. The molecule has 154 valence electrons. The van der Waals surface area contributed by atoms with Gasteiger partial charge in [-0.05, 0) is 41.5 Å². The number of carbonyl (C=O) groups is 3. The minimum Gasteiger partial charge on any atom is -0.444 e. The van der Waals surface area contributed by atoms with Crippen LogP contribution in [-0.2, 0) is 19.1 Å². The zero-order chi connectivity index (χ0) is 21.1. The normalized spacial score (nSPS) is 14.1. The summed E-state index contributed by atoms with van der Waals surface area (Å²) in [6.45, 7) is 14.7. The van der Waals surface area contributed by atoms with Crippen molar-refractivity contribution in [3.8, 4) is 0 Å². The Morgan fingerprint density at radius 2 is 1.58 bits per heavy atom. The molecule has 0 aromatic carbocycles. The Morgan fingerprint density at radius 3 is 1.96 bits per heavy atom. The van der Waals surface area contributed by atoms with Crippen molar-refractivity contribution >= 4 is 17.9 Å². The second-order valence-corrected chi connectivity index (χ2v) is 6.59. The van der Waals surface area contributed by atoms with Crippen molar-refractivity contribution in [1.82, 2.24) is 15.5 Å². The van der Waals surface area contributed by atoms with Crippen LogP contribution in [0.2, 0.25) is 0 Å². The van der Waals surface area contributed by atoms with Gasteiger partial charge in [-0.3, -0.25) is 14.5 Å². The number of likely N-dealkylation sites (N-methyl/N-ethyl adjacent to an activating group) is 2. The molecular formula is C18H37N3O5. The fourth-order valence-electron chi connectivity index (χ4n) is 1.76. The maximum absolute atomic E-state index is 12.4. The maximum atomic E-state index is 12.4. The fourth-order valence-corrected chi connectivity index (χ4v) is 1.76. The van der Waals surface area contributed by atoms with Crippen LogP contribution < -0.4 is 10.6 Å². The first kappa shape index (κ1) is 26.4. The topological polar surface area (TPSA) is 97.0 Å². The van der Waals surface area contributed by atoms with Gasteiger partial charge in [0, 0.05) is 20.7 Å². The largest absolute Gasteiger partial charge is 0.444 e. The molecule has 26 heavy (non-hydrogen) atoms. The SMILES string of the molecule is CC.CCNC(=O)C(NC(=O)[C@H](C)N(C)C(=O)OC(C)(C)C)C(C)OC. The molecule has 3 amide bonds. The summed E-state index contributed by atoms with van der Waals surface area (Å²) < 4.78 is 10.4. The Morgan fingerprint density at radius 1 is 1.08 bits per heavy atom. The minimum atomic E-state index is -0.850. The summed E-state index contributed by atoms with van der Waals surface area (Å²) in [5.74, 6) is -0.809. The highest BCUT2D eigenvalue weighted by Gasteiger charge is 2.32. The molecule has 0 aliphatic heterocycles. The van der Waals surface area contributed by atoms with Gasteiger partial charge < -0.3 is 20.1 Å². The molecule has 0 aromatic rings. The molecule has 8 nitrogen and oxygen atoms in total. The zero-order valence-electron chi connectivity index (χ0n) is 17.9. The van der Waals surface area contributed by atoms with E-state index in [1.165, 1.54) is 19.1 Å². The Balaban J connectivity index is 0. The van der Waals surface area contributed by atoms with Crippen LogP contribution in [0.5, 0.6) is 0 Å². The van der Waals surface area contributed by atoms with Crippen molar-refractivity contribution in [2.45, 2.75) is 79.2 Å². The zero-order valence-corrected chi connectivity index (χ0v) is 17.9. The van der Waals surface area contributed by atoms with Gasteiger partial charge in [0.05, 0.1) is 6.10 Å². The van der Waals surface area contributed by atoms with E-state index in [2.05, 4.69) is 10.6 Å². The molecule has 0 heterocycles. The molecule has 0 saturated carbocycles. The van der Waals surface area contributed by atoms with E-state index in [0.29, 0.717) is 6.54 Å². The van der Waals surface area contributed by atoms with Crippen LogP contribution in [0.4, 0.5) is 4.79 Å². The van der Waals surface area contributed by atoms with E-state index in [1.54, 1.807) is 41.5 Å². The van der Waals surface area contributed by atoms with Crippen molar-refractivity contribution in [1.29, 1.82) is 0 Å². The number of rotatable bonds is 7. The Hall–Kier alpha value is -1.83. The molecule has 0 aliphatic rings. The Kier molecular flexibility index (Phi) is 12.7. The summed E-state index contributed by atoms with van der Waals surface area (Å²) >= 11 is 0. The molecule has 0 bridgehead atoms. The van der Waals surface area contributed by atoms with E-state index in [0.717, 1.165) is 0 Å². The lowest BCUT2D eigenvalue weighted by molar-refractivity contribution is -0.134. The molecule has 3 atom stereocenters. The van der Waals surface area contributed by atoms with Gasteiger partial charge in [-0.2, -0.15) is 0 Å². The molecule has 0 aliphatic carbocycles. The number of amides is 3. The average Bonchev–Trinajstić information content (AvgIpc) is 2.57. The molecule has 0 rings (SSSR count). The van der Waals surface area contributed by atoms with Gasteiger partial charge in [-0.1, -0.05) is 13.8 Å². The van der Waals surface area contributed by atoms with E-state index in [-0.39, 0.29) is 5.91 Å². The quantitative estimate of drug-likeness (QED) is 0.709. The third-order valence-electron chi connectivity index (χ3n) is 3.41. The van der Waals surface area contributed by atoms with Crippen LogP contribution in [0.25, 0.3) is 0 Å². The van der Waals surface area contributed by atoms with Gasteiger partial charge in [0.25, 0.3) is 0 Å². The van der Waals surface area contributed by atoms with E-state index in [4.69, 9.17) is 9.47 Å². The standard InChI is InChI=1S/C16H31N3O5.C2H6/c1-9-17-14(21)12(11(3)23-8)18-13(20)10(2)19(7)15(22)24-16(4,5)6;1-2/h10-12H,9H2,1-8H3,(H,17,21)(H,18,20);1-2H3/t10-,11?,12?;/m0./s1. The highest BCUT2D eigenvalue weighted by Crippen LogP contribution is 2.11. The maximum Gasteiger partial charge on any atom is 0.410 e. The van der Waals surface area contributed by atoms with Crippen LogP contribution >= 0.6 is 0 Å². The van der Waals surface area contributed by atoms with Crippen molar-refractivity contribution < 1.29 is 23.9 Å². The minimum absolute atomic E-state index is 0.340. The smallest absolute Gasteiger partial charge is 0.410 e. The Labute approximate surface area is 158 Å². The Bertz CT molecular complexity index is 449. The third-order valence-corrected chi connectivity index (χ3v) is 3.41. The molecule has 0 radical (unpaired) electrons. The van der Waals surface area contributed by atoms with Crippen LogP contribution in [0.3, 0.4) is 0 Å². The molecule has 2 unspecified atom stereocenters. The first-order valence-electron chi connectivity index (χ1n) is 9.01. The summed E-state index contributed by atoms with van der Waals surface area (Å²) in [5, 5.41) is 5.27. The molecule has 0 aromatic heterocycles. The number of hydrogen-bond donors (Lipinski definition) is 2. The number of carbonyl (C=O) groups excluding carboxylic acids is 3. The van der Waals surface area contributed by atoms with E-state index in [1.807, 2.05) is 13.8 Å². The molecule has 0 saturated heterocycles. The van der Waals surface area contributed by atoms with Gasteiger partial charge in [0.1, 0.15) is 17.7 Å². The van der Waals surface area contributed by atoms with Crippen molar-refractivity contribution in [3.05, 3.63) is 0 Å². The van der Waals surface area contributed by atoms with Gasteiger partial charge >= 0.3 is 6.09 Å². The van der Waals surface area contributed by atoms with Gasteiger partial charge in [-0.15, -0.1) is 0 Å². The third kappa shape index (κ3) is 9.60. The summed E-state index contributed by atoms with van der Waals surface area (Å²) in [7, 11) is 2.93. The van der Waals surface area contributed by atoms with Crippen LogP contribution in [0, 0.1) is 0 Å². The van der Waals surface area contributed by atoms with Crippen molar-refractivity contribution in [2.24, 2.45) is 0 Å². The van der Waals surface area contributed by atoms with E-state index < -0.39 is 35.8 Å². The lowest BCUT2D eigenvalue weighted by atomic mass is 10.1. The summed E-state index contributed by atoms with van der Waals surface area (Å²) in [6.07, 6.45) is -1.13. The highest BCUT2D eigenvalue weighted by atomic mass is 16.6. The number of nitrogens with one attached hydrogen (secondary N) is 2. The van der Waals surface area contributed by atoms with Crippen LogP contribution in [0.1, 0.15) is 55.4 Å². The number of methoxy groups -OCH3 is 1. The molecule has 0 spiro atoms. The average molecular weight is 376 g/mol. The summed E-state index contributed by atoms with van der Waals surface area (Å²) in [5.41, 5.74) is -0.657. The summed E-state index contributed by atoms with van der Waals surface area (Å²) in [4.78, 5) is 37.7. The molecule has 2 N–H and O–H groups in total. The fraction of sp³-hybridized carbons (Fsp3) is 0.833. The summed E-state index contributed by atoms with van der Waals surface area (Å²) in [6, 6.07) is -1.65. The predicted molar refractivity (Wildman–Crippen MR) is 102 cm³/mol. The number of ether oxygens (including phenoxy) is 2. The van der Waals surface area contributed by atoms with Gasteiger partial charge in [0.2, 0.25) is 11.8 Å². The number of hydrogen-bond acceptors (Lipinski definition) is 5. The molecule has 0 fully saturated rings. The van der Waals surface area contributed by atoms with E-state index >= 15 is 0 Å². The predicted octanol–water partition coefficient (Wildman–Crippen LogP) is 1.92. The second kappa shape index (κ2) is 12.5. The van der Waals surface area contributed by atoms with Crippen LogP contribution in [0.15, 0.2) is 0 Å². The highest BCUT2D eigenvalue weighted by molar-refractivity contribution is 5.91. The van der Waals surface area contributed by atoms with Crippen LogP contribution in [-0.4, -0.2) is 67.3 Å². The first-order valence-corrected chi connectivity index (χ1v) is 9.01. The molecule has 8 heteroatoms. The lowest BCUT2D eigenvalue weighted by Gasteiger charge is -2.30. The van der Waals surface area contributed by atoms with Crippen molar-refractivity contribution in [3.63, 3.8) is 0 Å². The monoisotopic (exact) mass is 375 g/mol. The second-order valence-electron chi connectivity index (χ2n) is 6.59. The molecular weight excluding hydrogens is 338 g/mol. The van der Waals surface area contributed by atoms with E-state index in [9.17, 15) is 14.4 Å². The van der Waals surface area contributed by atoms with Gasteiger partial charge in [-0.25, -0.2) is 4.79 Å².